The quantitative estimate of drug-likeness (QED) is 0.233. The van der Waals surface area contributed by atoms with Gasteiger partial charge in [0.25, 0.3) is 0 Å². The van der Waals surface area contributed by atoms with E-state index >= 15 is 0 Å². The summed E-state index contributed by atoms with van der Waals surface area (Å²) in [4.78, 5) is 15.6. The van der Waals surface area contributed by atoms with Crippen molar-refractivity contribution in [1.29, 1.82) is 0 Å². The van der Waals surface area contributed by atoms with Crippen LogP contribution in [0.25, 0.3) is 5.57 Å². The van der Waals surface area contributed by atoms with Gasteiger partial charge in [-0.25, -0.2) is 0 Å². The number of unbranched alkanes of at least 4 members (excludes halogenated alkanes) is 2. The third-order valence-corrected chi connectivity index (χ3v) is 10.5. The van der Waals surface area contributed by atoms with Gasteiger partial charge in [0.15, 0.2) is 8.32 Å². The summed E-state index contributed by atoms with van der Waals surface area (Å²) in [5, 5.41) is 0.190. The molecule has 2 aromatic rings. The number of methoxy groups -OCH3 is 1. The number of rotatable bonds is 10. The van der Waals surface area contributed by atoms with Gasteiger partial charge in [0, 0.05) is 24.4 Å². The Morgan fingerprint density at radius 2 is 1.84 bits per heavy atom. The summed E-state index contributed by atoms with van der Waals surface area (Å²) in [6.45, 7) is 12.0. The molecule has 0 spiro atoms. The normalized spacial score (nSPS) is 12.6. The van der Waals surface area contributed by atoms with Crippen LogP contribution in [0.15, 0.2) is 54.9 Å². The first kappa shape index (κ1) is 25.0. The molecular formula is C26H37NO3Si. The van der Waals surface area contributed by atoms with Gasteiger partial charge in [-0.1, -0.05) is 51.1 Å². The highest BCUT2D eigenvalue weighted by Gasteiger charge is 2.37. The van der Waals surface area contributed by atoms with Gasteiger partial charge in [-0.2, -0.15) is 0 Å². The first-order chi connectivity index (χ1) is 14.6. The second kappa shape index (κ2) is 11.4. The molecule has 31 heavy (non-hydrogen) atoms. The lowest BCUT2D eigenvalue weighted by Crippen LogP contribution is -2.40. The number of aromatic nitrogens is 1. The van der Waals surface area contributed by atoms with Crippen molar-refractivity contribution in [3.63, 3.8) is 0 Å². The van der Waals surface area contributed by atoms with E-state index in [0.717, 1.165) is 30.4 Å². The van der Waals surface area contributed by atoms with Crippen LogP contribution in [0.5, 0.6) is 0 Å². The van der Waals surface area contributed by atoms with Crippen LogP contribution in [0.4, 0.5) is 0 Å². The van der Waals surface area contributed by atoms with E-state index in [1.54, 1.807) is 6.20 Å². The summed E-state index contributed by atoms with van der Waals surface area (Å²) in [6.07, 6.45) is 9.07. The van der Waals surface area contributed by atoms with Crippen LogP contribution in [0.3, 0.4) is 0 Å². The van der Waals surface area contributed by atoms with Gasteiger partial charge in [0.05, 0.1) is 13.7 Å². The Bertz CT molecular complexity index is 870. The van der Waals surface area contributed by atoms with Crippen LogP contribution in [0.2, 0.25) is 18.1 Å². The monoisotopic (exact) mass is 439 g/mol. The minimum absolute atomic E-state index is 0.147. The smallest absolute Gasteiger partial charge is 0.305 e. The molecule has 1 heterocycles. The van der Waals surface area contributed by atoms with Crippen molar-refractivity contribution in [3.05, 3.63) is 71.6 Å². The van der Waals surface area contributed by atoms with Crippen LogP contribution in [-0.2, 0) is 20.6 Å². The van der Waals surface area contributed by atoms with Crippen molar-refractivity contribution in [3.8, 4) is 0 Å². The number of hydrogen-bond donors (Lipinski definition) is 0. The lowest BCUT2D eigenvalue weighted by molar-refractivity contribution is -0.140. The molecule has 4 nitrogen and oxygen atoms in total. The predicted octanol–water partition coefficient (Wildman–Crippen LogP) is 6.77. The Labute approximate surface area is 188 Å². The maximum absolute atomic E-state index is 11.3. The molecule has 0 N–H and O–H groups in total. The third-order valence-electron chi connectivity index (χ3n) is 6.03. The minimum atomic E-state index is -1.80. The third kappa shape index (κ3) is 7.75. The number of pyridine rings is 1. The second-order valence-corrected chi connectivity index (χ2v) is 14.2. The molecule has 0 fully saturated rings. The summed E-state index contributed by atoms with van der Waals surface area (Å²) >= 11 is 0. The van der Waals surface area contributed by atoms with Crippen LogP contribution < -0.4 is 0 Å². The molecule has 168 valence electrons. The summed E-state index contributed by atoms with van der Waals surface area (Å²) in [5.74, 6) is -0.147. The van der Waals surface area contributed by atoms with Crippen LogP contribution in [0.1, 0.15) is 63.1 Å². The second-order valence-electron chi connectivity index (χ2n) is 9.43. The van der Waals surface area contributed by atoms with Gasteiger partial charge in [-0.3, -0.25) is 9.78 Å². The van der Waals surface area contributed by atoms with Gasteiger partial charge < -0.3 is 9.16 Å². The number of carbonyl (C=O) groups is 1. The standard InChI is InChI=1S/C26H37NO3Si/c1-26(2,3)31(5,6)30-20-21-12-10-13-22(18-21)24(23-14-11-17-27-19-23)15-8-7-9-16-25(28)29-4/h10-15,17-19H,7-9,16,20H2,1-6H3/b24-15-. The molecule has 0 aliphatic heterocycles. The van der Waals surface area contributed by atoms with E-state index in [4.69, 9.17) is 9.16 Å². The molecule has 1 aromatic carbocycles. The van der Waals surface area contributed by atoms with Gasteiger partial charge in [-0.15, -0.1) is 0 Å². The molecule has 0 bridgehead atoms. The average molecular weight is 440 g/mol. The molecule has 2 rings (SSSR count). The number of esters is 1. The summed E-state index contributed by atoms with van der Waals surface area (Å²) < 4.78 is 11.2. The molecular weight excluding hydrogens is 402 g/mol. The predicted molar refractivity (Wildman–Crippen MR) is 130 cm³/mol. The Hall–Kier alpha value is -2.24. The maximum atomic E-state index is 11.3. The molecule has 0 aliphatic carbocycles. The average Bonchev–Trinajstić information content (AvgIpc) is 2.74. The van der Waals surface area contributed by atoms with Crippen molar-refractivity contribution < 1.29 is 14.0 Å². The minimum Gasteiger partial charge on any atom is -0.469 e. The highest BCUT2D eigenvalue weighted by molar-refractivity contribution is 6.74. The number of hydrogen-bond acceptors (Lipinski definition) is 4. The van der Waals surface area contributed by atoms with Crippen molar-refractivity contribution in [2.24, 2.45) is 0 Å². The zero-order valence-electron chi connectivity index (χ0n) is 19.9. The summed E-state index contributed by atoms with van der Waals surface area (Å²) in [7, 11) is -0.366. The molecule has 0 amide bonds. The Balaban J connectivity index is 2.18. The van der Waals surface area contributed by atoms with Gasteiger partial charge >= 0.3 is 5.97 Å². The van der Waals surface area contributed by atoms with E-state index in [9.17, 15) is 4.79 Å². The molecule has 0 radical (unpaired) electrons. The molecule has 1 aromatic heterocycles. The lowest BCUT2D eigenvalue weighted by atomic mass is 9.96. The van der Waals surface area contributed by atoms with Gasteiger partial charge in [0.2, 0.25) is 0 Å². The molecule has 0 atom stereocenters. The molecule has 0 saturated heterocycles. The topological polar surface area (TPSA) is 48.4 Å². The fourth-order valence-electron chi connectivity index (χ4n) is 3.00. The number of allylic oxidation sites excluding steroid dienone is 1. The van der Waals surface area contributed by atoms with Gasteiger partial charge in [-0.05, 0) is 66.2 Å². The molecule has 0 aliphatic rings. The lowest BCUT2D eigenvalue weighted by Gasteiger charge is -2.36. The van der Waals surface area contributed by atoms with Crippen molar-refractivity contribution >= 4 is 19.9 Å². The zero-order valence-corrected chi connectivity index (χ0v) is 20.9. The fourth-order valence-corrected chi connectivity index (χ4v) is 3.96. The summed E-state index contributed by atoms with van der Waals surface area (Å²) in [5.41, 5.74) is 4.61. The van der Waals surface area contributed by atoms with E-state index < -0.39 is 8.32 Å². The largest absolute Gasteiger partial charge is 0.469 e. The fraction of sp³-hybridized carbons (Fsp3) is 0.462. The maximum Gasteiger partial charge on any atom is 0.305 e. The Morgan fingerprint density at radius 3 is 2.48 bits per heavy atom. The van der Waals surface area contributed by atoms with Crippen molar-refractivity contribution in [2.75, 3.05) is 7.11 Å². The first-order valence-corrected chi connectivity index (χ1v) is 14.0. The molecule has 0 unspecified atom stereocenters. The molecule has 5 heteroatoms. The summed E-state index contributed by atoms with van der Waals surface area (Å²) in [6, 6.07) is 12.6. The van der Waals surface area contributed by atoms with Gasteiger partial charge in [0.1, 0.15) is 0 Å². The Morgan fingerprint density at radius 1 is 1.10 bits per heavy atom. The van der Waals surface area contributed by atoms with Crippen molar-refractivity contribution in [1.82, 2.24) is 4.98 Å². The molecule has 0 saturated carbocycles. The van der Waals surface area contributed by atoms with E-state index in [-0.39, 0.29) is 11.0 Å². The van der Waals surface area contributed by atoms with Crippen LogP contribution in [0, 0.1) is 0 Å². The number of ether oxygens (including phenoxy) is 1. The van der Waals surface area contributed by atoms with Crippen molar-refractivity contribution in [2.45, 2.75) is 71.2 Å². The van der Waals surface area contributed by atoms with Crippen LogP contribution >= 0.6 is 0 Å². The number of nitrogens with zero attached hydrogens (tertiary/aromatic N) is 1. The Kier molecular flexibility index (Phi) is 9.20. The van der Waals surface area contributed by atoms with E-state index in [1.165, 1.54) is 18.2 Å². The number of carbonyl (C=O) groups excluding carboxylic acids is 1. The number of benzene rings is 1. The SMILES string of the molecule is COC(=O)CCCC/C=C(\c1cccnc1)c1cccc(CO[Si](C)(C)C(C)(C)C)c1. The van der Waals surface area contributed by atoms with Crippen LogP contribution in [-0.4, -0.2) is 26.4 Å². The highest BCUT2D eigenvalue weighted by Crippen LogP contribution is 2.37. The van der Waals surface area contributed by atoms with E-state index in [0.29, 0.717) is 13.0 Å². The van der Waals surface area contributed by atoms with E-state index in [1.807, 2.05) is 12.3 Å². The van der Waals surface area contributed by atoms with E-state index in [2.05, 4.69) is 75.3 Å². The zero-order chi connectivity index (χ0) is 22.9. The first-order valence-electron chi connectivity index (χ1n) is 11.0. The highest BCUT2D eigenvalue weighted by atomic mass is 28.4.